The highest BCUT2D eigenvalue weighted by atomic mass is 16.5. The number of hydrogen-bond donors (Lipinski definition) is 3. The zero-order valence-corrected chi connectivity index (χ0v) is 22.1. The molecule has 8 atom stereocenters. The lowest BCUT2D eigenvalue weighted by molar-refractivity contribution is -0.208. The molecule has 0 aromatic heterocycles. The van der Waals surface area contributed by atoms with Gasteiger partial charge in [0.15, 0.2) is 5.78 Å². The number of rotatable bonds is 10. The minimum absolute atomic E-state index is 0.106. The normalized spacial score (nSPS) is 37.6. The summed E-state index contributed by atoms with van der Waals surface area (Å²) in [5.41, 5.74) is -4.08. The Labute approximate surface area is 212 Å². The van der Waals surface area contributed by atoms with Gasteiger partial charge < -0.3 is 24.9 Å². The second-order valence-corrected chi connectivity index (χ2v) is 11.4. The molecule has 2 aliphatic carbocycles. The Morgan fingerprint density at radius 3 is 2.31 bits per heavy atom. The van der Waals surface area contributed by atoms with Crippen molar-refractivity contribution in [3.63, 3.8) is 0 Å². The van der Waals surface area contributed by atoms with E-state index in [0.29, 0.717) is 24.7 Å². The van der Waals surface area contributed by atoms with Gasteiger partial charge in [0.25, 0.3) is 0 Å². The van der Waals surface area contributed by atoms with E-state index in [2.05, 4.69) is 0 Å². The Bertz CT molecular complexity index is 932. The summed E-state index contributed by atoms with van der Waals surface area (Å²) in [6.45, 7) is 9.71. The Hall–Kier alpha value is -2.39. The molecule has 3 N–H and O–H groups in total. The van der Waals surface area contributed by atoms with Crippen LogP contribution in [-0.4, -0.2) is 62.9 Å². The molecule has 9 heteroatoms. The van der Waals surface area contributed by atoms with E-state index < -0.39 is 58.0 Å². The summed E-state index contributed by atoms with van der Waals surface area (Å²) in [4.78, 5) is 61.9. The number of carboxylic acid groups (broad SMARTS) is 1. The van der Waals surface area contributed by atoms with Crippen molar-refractivity contribution in [2.24, 2.45) is 35.0 Å². The number of esters is 1. The monoisotopic (exact) mass is 508 g/mol. The molecule has 0 unspecified atom stereocenters. The zero-order chi connectivity index (χ0) is 27.6. The van der Waals surface area contributed by atoms with Gasteiger partial charge in [0.2, 0.25) is 0 Å². The number of carbonyl (C=O) groups is 5. The minimum Gasteiger partial charge on any atom is -0.478 e. The van der Waals surface area contributed by atoms with E-state index in [-0.39, 0.29) is 37.6 Å². The van der Waals surface area contributed by atoms with E-state index in [1.54, 1.807) is 20.8 Å². The van der Waals surface area contributed by atoms with E-state index in [1.165, 1.54) is 13.8 Å². The summed E-state index contributed by atoms with van der Waals surface area (Å²) >= 11 is 0. The number of Topliss-reactive ketones (excluding diaryl/α,β-unsaturated/α-hetero) is 2. The lowest BCUT2D eigenvalue weighted by atomic mass is 9.42. The van der Waals surface area contributed by atoms with Crippen molar-refractivity contribution < 1.29 is 44.0 Å². The maximum Gasteiger partial charge on any atom is 0.328 e. The van der Waals surface area contributed by atoms with Crippen molar-refractivity contribution in [1.29, 1.82) is 0 Å². The first-order valence-electron chi connectivity index (χ1n) is 12.5. The molecular weight excluding hydrogens is 468 g/mol. The van der Waals surface area contributed by atoms with Gasteiger partial charge in [-0.1, -0.05) is 26.3 Å². The lowest BCUT2D eigenvalue weighted by Crippen LogP contribution is -2.69. The Morgan fingerprint density at radius 1 is 1.17 bits per heavy atom. The molecule has 2 rings (SSSR count). The third-order valence-electron chi connectivity index (χ3n) is 8.36. The number of hydrogen-bond acceptors (Lipinski definition) is 8. The second kappa shape index (κ2) is 10.9. The van der Waals surface area contributed by atoms with Crippen molar-refractivity contribution >= 4 is 29.8 Å². The van der Waals surface area contributed by atoms with Crippen molar-refractivity contribution in [3.05, 3.63) is 11.6 Å². The van der Waals surface area contributed by atoms with E-state index >= 15 is 0 Å². The molecule has 0 aromatic carbocycles. The van der Waals surface area contributed by atoms with Crippen molar-refractivity contribution in [2.75, 3.05) is 6.61 Å². The third-order valence-corrected chi connectivity index (χ3v) is 8.36. The molecule has 0 saturated heterocycles. The fraction of sp³-hybridized carbons (Fsp3) is 0.741. The number of carboxylic acids is 1. The Kier molecular flexibility index (Phi) is 9.06. The highest BCUT2D eigenvalue weighted by molar-refractivity contribution is 5.99. The molecule has 36 heavy (non-hydrogen) atoms. The molecule has 0 aliphatic heterocycles. The molecular formula is C27H40O9. The highest BCUT2D eigenvalue weighted by Crippen LogP contribution is 2.61. The van der Waals surface area contributed by atoms with E-state index in [1.807, 2.05) is 6.92 Å². The van der Waals surface area contributed by atoms with Crippen molar-refractivity contribution in [2.45, 2.75) is 84.8 Å². The van der Waals surface area contributed by atoms with Gasteiger partial charge in [-0.15, -0.1) is 0 Å². The van der Waals surface area contributed by atoms with Gasteiger partial charge in [-0.05, 0) is 57.8 Å². The van der Waals surface area contributed by atoms with Crippen LogP contribution < -0.4 is 0 Å². The largest absolute Gasteiger partial charge is 0.478 e. The fourth-order valence-corrected chi connectivity index (χ4v) is 7.28. The van der Waals surface area contributed by atoms with Gasteiger partial charge in [0.1, 0.15) is 17.7 Å². The molecule has 0 aromatic rings. The smallest absolute Gasteiger partial charge is 0.328 e. The van der Waals surface area contributed by atoms with Crippen LogP contribution in [-0.2, 0) is 28.7 Å². The maximum absolute atomic E-state index is 13.7. The summed E-state index contributed by atoms with van der Waals surface area (Å²) in [7, 11) is 0. The average Bonchev–Trinajstić information content (AvgIpc) is 2.72. The topological polar surface area (TPSA) is 155 Å². The number of aliphatic hydroxyl groups is 2. The lowest BCUT2D eigenvalue weighted by Gasteiger charge is -2.61. The van der Waals surface area contributed by atoms with Gasteiger partial charge in [-0.2, -0.15) is 0 Å². The van der Waals surface area contributed by atoms with E-state index in [0.717, 1.165) is 6.08 Å². The zero-order valence-electron chi connectivity index (χ0n) is 22.1. The van der Waals surface area contributed by atoms with E-state index in [4.69, 9.17) is 9.84 Å². The Morgan fingerprint density at radius 2 is 1.78 bits per heavy atom. The van der Waals surface area contributed by atoms with Crippen LogP contribution in [0.2, 0.25) is 0 Å². The fourth-order valence-electron chi connectivity index (χ4n) is 7.28. The van der Waals surface area contributed by atoms with Crippen LogP contribution in [0, 0.1) is 35.0 Å². The summed E-state index contributed by atoms with van der Waals surface area (Å²) in [6.07, 6.45) is 1.67. The summed E-state index contributed by atoms with van der Waals surface area (Å²) in [5.74, 6) is -5.72. The first-order chi connectivity index (χ1) is 16.5. The number of aliphatic carboxylic acids is 1. The van der Waals surface area contributed by atoms with Gasteiger partial charge in [0, 0.05) is 23.3 Å². The summed E-state index contributed by atoms with van der Waals surface area (Å²) in [5, 5.41) is 31.3. The van der Waals surface area contributed by atoms with Crippen LogP contribution >= 0.6 is 0 Å². The maximum atomic E-state index is 13.7. The highest BCUT2D eigenvalue weighted by Gasteiger charge is 2.68. The van der Waals surface area contributed by atoms with Crippen molar-refractivity contribution in [3.8, 4) is 0 Å². The van der Waals surface area contributed by atoms with Crippen LogP contribution in [0.1, 0.15) is 73.6 Å². The van der Waals surface area contributed by atoms with Gasteiger partial charge in [0.05, 0.1) is 25.0 Å². The molecule has 2 saturated carbocycles. The molecule has 0 spiro atoms. The molecule has 0 bridgehead atoms. The second-order valence-electron chi connectivity index (χ2n) is 11.4. The number of aldehydes is 1. The minimum atomic E-state index is -1.96. The van der Waals surface area contributed by atoms with Crippen LogP contribution in [0.4, 0.5) is 0 Å². The molecule has 0 heterocycles. The number of ether oxygens (including phenoxy) is 1. The first-order valence-corrected chi connectivity index (χ1v) is 12.5. The van der Waals surface area contributed by atoms with E-state index in [9.17, 15) is 34.2 Å². The predicted octanol–water partition coefficient (Wildman–Crippen LogP) is 2.50. The molecule has 2 aliphatic rings. The molecule has 9 nitrogen and oxygen atoms in total. The van der Waals surface area contributed by atoms with Crippen LogP contribution in [0.15, 0.2) is 11.6 Å². The van der Waals surface area contributed by atoms with Gasteiger partial charge >= 0.3 is 11.9 Å². The molecule has 0 radical (unpaired) electrons. The number of ketones is 2. The van der Waals surface area contributed by atoms with Gasteiger partial charge in [-0.3, -0.25) is 14.4 Å². The quantitative estimate of drug-likeness (QED) is 0.175. The van der Waals surface area contributed by atoms with Gasteiger partial charge in [-0.25, -0.2) is 4.79 Å². The molecule has 202 valence electrons. The van der Waals surface area contributed by atoms with Crippen LogP contribution in [0.3, 0.4) is 0 Å². The van der Waals surface area contributed by atoms with Crippen molar-refractivity contribution in [1.82, 2.24) is 0 Å². The number of fused-ring (bicyclic) bond motifs is 1. The molecule has 0 amide bonds. The third kappa shape index (κ3) is 5.78. The summed E-state index contributed by atoms with van der Waals surface area (Å²) < 4.78 is 5.44. The SMILES string of the molecule is CC[C@@H](COC(=O)CC(C)=CC(=O)O)[C@@H]1[C@](C)(C(=O)CC=O)[C@H]2[C@H](C)C[C@@](C)(O)C[C@@H]2C(=O)[C@@]1(C)O. The Balaban J connectivity index is 2.50. The van der Waals surface area contributed by atoms with Crippen LogP contribution in [0.25, 0.3) is 0 Å². The standard InChI is InChI=1S/C27H40O9/c1-7-17(14-36-21(32)11-15(2)10-20(30)31)23-26(5,19(29)8-9-28)22-16(3)12-25(4,34)13-18(22)24(33)27(23,6)35/h9-10,16-18,22-23,34-35H,7-8,11-14H2,1-6H3,(H,30,31)/t16-,17+,18+,22+,23-,25-,26-,27+/m1/s1. The molecule has 2 fully saturated rings. The first kappa shape index (κ1) is 29.8. The number of carbonyl (C=O) groups excluding carboxylic acids is 4. The predicted molar refractivity (Wildman–Crippen MR) is 130 cm³/mol. The summed E-state index contributed by atoms with van der Waals surface area (Å²) in [6, 6.07) is 0. The van der Waals surface area contributed by atoms with Crippen LogP contribution in [0.5, 0.6) is 0 Å². The average molecular weight is 509 g/mol.